The molecular formula is C22H28N6O. The number of amides is 1. The van der Waals surface area contributed by atoms with Crippen molar-refractivity contribution >= 4 is 23.2 Å². The van der Waals surface area contributed by atoms with Gasteiger partial charge >= 0.3 is 0 Å². The molecule has 1 atom stereocenters. The number of carbonyl (C=O) groups excluding carboxylic acids is 1. The minimum Gasteiger partial charge on any atom is -0.367 e. The van der Waals surface area contributed by atoms with E-state index in [1.807, 2.05) is 12.3 Å². The van der Waals surface area contributed by atoms with Crippen LogP contribution in [0.3, 0.4) is 0 Å². The Kier molecular flexibility index (Phi) is 5.74. The number of aromatic nitrogens is 4. The Hall–Kier alpha value is -2.96. The normalized spacial score (nSPS) is 15.5. The zero-order chi connectivity index (χ0) is 20.2. The van der Waals surface area contributed by atoms with Crippen LogP contribution in [-0.4, -0.2) is 31.5 Å². The van der Waals surface area contributed by atoms with Gasteiger partial charge in [0, 0.05) is 30.1 Å². The van der Waals surface area contributed by atoms with E-state index >= 15 is 0 Å². The third kappa shape index (κ3) is 4.23. The van der Waals surface area contributed by atoms with Gasteiger partial charge < -0.3 is 10.6 Å². The lowest BCUT2D eigenvalue weighted by molar-refractivity contribution is 0.102. The molecule has 7 nitrogen and oxygen atoms in total. The van der Waals surface area contributed by atoms with Gasteiger partial charge in [-0.3, -0.25) is 9.78 Å². The minimum atomic E-state index is -0.212. The predicted octanol–water partition coefficient (Wildman–Crippen LogP) is 4.63. The Labute approximate surface area is 171 Å². The van der Waals surface area contributed by atoms with Crippen molar-refractivity contribution in [1.82, 2.24) is 19.6 Å². The fourth-order valence-corrected chi connectivity index (χ4v) is 4.04. The highest BCUT2D eigenvalue weighted by molar-refractivity contribution is 6.03. The van der Waals surface area contributed by atoms with E-state index in [0.29, 0.717) is 23.3 Å². The van der Waals surface area contributed by atoms with Crippen LogP contribution in [0.2, 0.25) is 0 Å². The summed E-state index contributed by atoms with van der Waals surface area (Å²) in [5.41, 5.74) is 2.42. The Bertz CT molecular complexity index is 978. The van der Waals surface area contributed by atoms with Crippen LogP contribution < -0.4 is 10.6 Å². The maximum absolute atomic E-state index is 12.7. The smallest absolute Gasteiger partial charge is 0.258 e. The summed E-state index contributed by atoms with van der Waals surface area (Å²) in [5.74, 6) is 1.54. The molecule has 1 aliphatic rings. The van der Waals surface area contributed by atoms with Gasteiger partial charge in [-0.05, 0) is 37.3 Å². The van der Waals surface area contributed by atoms with E-state index in [9.17, 15) is 4.79 Å². The summed E-state index contributed by atoms with van der Waals surface area (Å²) in [6.45, 7) is 4.38. The van der Waals surface area contributed by atoms with Crippen molar-refractivity contribution < 1.29 is 4.79 Å². The predicted molar refractivity (Wildman–Crippen MR) is 114 cm³/mol. The third-order valence-electron chi connectivity index (χ3n) is 5.62. The van der Waals surface area contributed by atoms with Crippen LogP contribution in [0.4, 0.5) is 11.6 Å². The first-order valence-corrected chi connectivity index (χ1v) is 10.5. The van der Waals surface area contributed by atoms with E-state index in [1.165, 1.54) is 12.8 Å². The first kappa shape index (κ1) is 19.4. The number of hydrogen-bond donors (Lipinski definition) is 2. The molecule has 1 saturated carbocycles. The van der Waals surface area contributed by atoms with Gasteiger partial charge in [-0.1, -0.05) is 33.1 Å². The molecule has 0 spiro atoms. The molecule has 7 heteroatoms. The van der Waals surface area contributed by atoms with Crippen LogP contribution in [0.5, 0.6) is 0 Å². The molecule has 1 amide bonds. The second kappa shape index (κ2) is 8.59. The third-order valence-corrected chi connectivity index (χ3v) is 5.62. The van der Waals surface area contributed by atoms with Gasteiger partial charge in [0.25, 0.3) is 5.91 Å². The summed E-state index contributed by atoms with van der Waals surface area (Å²) >= 11 is 0. The van der Waals surface area contributed by atoms with Gasteiger partial charge in [-0.2, -0.15) is 9.61 Å². The molecule has 4 rings (SSSR count). The van der Waals surface area contributed by atoms with Crippen molar-refractivity contribution in [3.8, 4) is 0 Å². The molecule has 3 aromatic rings. The van der Waals surface area contributed by atoms with E-state index in [0.717, 1.165) is 42.7 Å². The fourth-order valence-electron chi connectivity index (χ4n) is 4.04. The van der Waals surface area contributed by atoms with Crippen molar-refractivity contribution in [1.29, 1.82) is 0 Å². The van der Waals surface area contributed by atoms with Crippen LogP contribution >= 0.6 is 0 Å². The number of fused-ring (bicyclic) bond motifs is 1. The van der Waals surface area contributed by atoms with Crippen LogP contribution in [-0.2, 0) is 0 Å². The van der Waals surface area contributed by atoms with Crippen LogP contribution in [0, 0.1) is 0 Å². The molecule has 1 fully saturated rings. The monoisotopic (exact) mass is 392 g/mol. The standard InChI is InChI=1S/C22H28N6O/c1-3-7-15(2)18-14-24-28-20(27-22(29)16-8-6-11-23-13-16)12-19(26-21(18)28)25-17-9-4-5-10-17/h6,8,11-15,17H,3-5,7,9-10H2,1-2H3,(H,25,26)(H,27,29). The van der Waals surface area contributed by atoms with Gasteiger partial charge in [-0.15, -0.1) is 0 Å². The molecule has 1 unspecified atom stereocenters. The molecule has 3 aromatic heterocycles. The molecule has 0 radical (unpaired) electrons. The van der Waals surface area contributed by atoms with Gasteiger partial charge in [0.2, 0.25) is 0 Å². The maximum Gasteiger partial charge on any atom is 0.258 e. The molecule has 3 heterocycles. The number of anilines is 2. The van der Waals surface area contributed by atoms with E-state index in [-0.39, 0.29) is 5.91 Å². The van der Waals surface area contributed by atoms with Gasteiger partial charge in [0.1, 0.15) is 11.6 Å². The summed E-state index contributed by atoms with van der Waals surface area (Å²) in [4.78, 5) is 21.6. The summed E-state index contributed by atoms with van der Waals surface area (Å²) in [5, 5.41) is 11.1. The molecule has 1 aliphatic carbocycles. The number of nitrogens with one attached hydrogen (secondary N) is 2. The molecular weight excluding hydrogens is 364 g/mol. The van der Waals surface area contributed by atoms with Crippen molar-refractivity contribution in [3.05, 3.63) is 47.9 Å². The Morgan fingerprint density at radius 1 is 1.31 bits per heavy atom. The van der Waals surface area contributed by atoms with E-state index in [2.05, 4.69) is 34.6 Å². The number of pyridine rings is 1. The number of carbonyl (C=O) groups is 1. The zero-order valence-corrected chi connectivity index (χ0v) is 17.1. The highest BCUT2D eigenvalue weighted by Gasteiger charge is 2.20. The molecule has 2 N–H and O–H groups in total. The molecule has 152 valence electrons. The van der Waals surface area contributed by atoms with Gasteiger partial charge in [-0.25, -0.2) is 4.98 Å². The largest absolute Gasteiger partial charge is 0.367 e. The average molecular weight is 393 g/mol. The fraction of sp³-hybridized carbons (Fsp3) is 0.455. The van der Waals surface area contributed by atoms with Crippen molar-refractivity contribution in [2.24, 2.45) is 0 Å². The summed E-state index contributed by atoms with van der Waals surface area (Å²) < 4.78 is 1.73. The molecule has 29 heavy (non-hydrogen) atoms. The lowest BCUT2D eigenvalue weighted by Crippen LogP contribution is -2.19. The topological polar surface area (TPSA) is 84.2 Å². The number of hydrogen-bond acceptors (Lipinski definition) is 5. The van der Waals surface area contributed by atoms with Crippen LogP contribution in [0.15, 0.2) is 36.8 Å². The first-order chi connectivity index (χ1) is 14.2. The minimum absolute atomic E-state index is 0.212. The lowest BCUT2D eigenvalue weighted by atomic mass is 9.99. The Morgan fingerprint density at radius 2 is 2.14 bits per heavy atom. The van der Waals surface area contributed by atoms with E-state index in [4.69, 9.17) is 4.98 Å². The second-order valence-electron chi connectivity index (χ2n) is 7.87. The highest BCUT2D eigenvalue weighted by Crippen LogP contribution is 2.29. The van der Waals surface area contributed by atoms with Crippen LogP contribution in [0.25, 0.3) is 5.65 Å². The van der Waals surface area contributed by atoms with Crippen molar-refractivity contribution in [2.75, 3.05) is 10.6 Å². The molecule has 0 bridgehead atoms. The van der Waals surface area contributed by atoms with Crippen LogP contribution in [0.1, 0.15) is 74.2 Å². The Morgan fingerprint density at radius 3 is 2.86 bits per heavy atom. The number of nitrogens with zero attached hydrogens (tertiary/aromatic N) is 4. The maximum atomic E-state index is 12.7. The zero-order valence-electron chi connectivity index (χ0n) is 17.1. The summed E-state index contributed by atoms with van der Waals surface area (Å²) in [7, 11) is 0. The quantitative estimate of drug-likeness (QED) is 0.612. The van der Waals surface area contributed by atoms with Crippen molar-refractivity contribution in [3.63, 3.8) is 0 Å². The molecule has 0 aromatic carbocycles. The number of rotatable bonds is 7. The lowest BCUT2D eigenvalue weighted by Gasteiger charge is -2.16. The van der Waals surface area contributed by atoms with E-state index < -0.39 is 0 Å². The average Bonchev–Trinajstić information content (AvgIpc) is 3.39. The highest BCUT2D eigenvalue weighted by atomic mass is 16.1. The second-order valence-corrected chi connectivity index (χ2v) is 7.87. The molecule has 0 saturated heterocycles. The van der Waals surface area contributed by atoms with Gasteiger partial charge in [0.15, 0.2) is 5.65 Å². The summed E-state index contributed by atoms with van der Waals surface area (Å²) in [6.07, 6.45) is 12.1. The molecule has 0 aliphatic heterocycles. The van der Waals surface area contributed by atoms with Gasteiger partial charge in [0.05, 0.1) is 11.8 Å². The van der Waals surface area contributed by atoms with E-state index in [1.54, 1.807) is 29.0 Å². The SMILES string of the molecule is CCCC(C)c1cnn2c(NC(=O)c3cccnc3)cc(NC3CCCC3)nc12. The summed E-state index contributed by atoms with van der Waals surface area (Å²) in [6, 6.07) is 5.81. The van der Waals surface area contributed by atoms with Crippen molar-refractivity contribution in [2.45, 2.75) is 64.3 Å². The Balaban J connectivity index is 1.71. The first-order valence-electron chi connectivity index (χ1n) is 10.5.